The summed E-state index contributed by atoms with van der Waals surface area (Å²) in [5.74, 6) is 0.240. The minimum Gasteiger partial charge on any atom is -0.483 e. The van der Waals surface area contributed by atoms with Crippen LogP contribution in [0.4, 0.5) is 5.69 Å². The van der Waals surface area contributed by atoms with E-state index in [-0.39, 0.29) is 25.0 Å². The molecule has 0 saturated carbocycles. The highest BCUT2D eigenvalue weighted by Gasteiger charge is 2.16. The Morgan fingerprint density at radius 2 is 1.42 bits per heavy atom. The molecule has 2 rings (SSSR count). The van der Waals surface area contributed by atoms with Crippen LogP contribution in [-0.4, -0.2) is 36.9 Å². The summed E-state index contributed by atoms with van der Waals surface area (Å²) < 4.78 is 5.67. The Balaban J connectivity index is 1.91. The first kappa shape index (κ1) is 19.5. The van der Waals surface area contributed by atoms with Crippen LogP contribution in [0, 0.1) is 27.7 Å². The normalized spacial score (nSPS) is 10.3. The second kappa shape index (κ2) is 8.52. The molecule has 0 spiro atoms. The van der Waals surface area contributed by atoms with Crippen LogP contribution in [0.2, 0.25) is 0 Å². The number of anilines is 1. The number of ether oxygens (including phenoxy) is 1. The molecule has 0 fully saturated rings. The molecular weight excluding hydrogens is 328 g/mol. The number of nitrogens with one attached hydrogen (secondary N) is 1. The van der Waals surface area contributed by atoms with Crippen molar-refractivity contribution in [3.8, 4) is 5.75 Å². The molecule has 0 heterocycles. The molecular formula is C21H26N2O3. The molecule has 2 aromatic rings. The average Bonchev–Trinajstić information content (AvgIpc) is 2.57. The van der Waals surface area contributed by atoms with Crippen molar-refractivity contribution < 1.29 is 14.3 Å². The predicted molar refractivity (Wildman–Crippen MR) is 104 cm³/mol. The molecule has 0 aliphatic rings. The monoisotopic (exact) mass is 354 g/mol. The van der Waals surface area contributed by atoms with Gasteiger partial charge in [-0.05, 0) is 49.9 Å². The third-order valence-corrected chi connectivity index (χ3v) is 4.30. The van der Waals surface area contributed by atoms with Crippen molar-refractivity contribution in [2.75, 3.05) is 25.5 Å². The molecule has 0 aliphatic heterocycles. The largest absolute Gasteiger partial charge is 0.483 e. The number of benzene rings is 2. The Kier molecular flexibility index (Phi) is 6.39. The lowest BCUT2D eigenvalue weighted by atomic mass is 10.1. The fraction of sp³-hybridized carbons (Fsp3) is 0.333. The Labute approximate surface area is 155 Å². The molecule has 0 aromatic heterocycles. The van der Waals surface area contributed by atoms with Gasteiger partial charge in [0.05, 0.1) is 6.54 Å². The maximum atomic E-state index is 12.3. The van der Waals surface area contributed by atoms with E-state index in [0.717, 1.165) is 27.9 Å². The van der Waals surface area contributed by atoms with E-state index < -0.39 is 0 Å². The van der Waals surface area contributed by atoms with Gasteiger partial charge in [-0.3, -0.25) is 9.59 Å². The summed E-state index contributed by atoms with van der Waals surface area (Å²) in [6.45, 7) is 7.64. The first-order chi connectivity index (χ1) is 12.3. The second-order valence-corrected chi connectivity index (χ2v) is 6.57. The summed E-state index contributed by atoms with van der Waals surface area (Å²) in [6.07, 6.45) is 0. The lowest BCUT2D eigenvalue weighted by Crippen LogP contribution is -2.37. The van der Waals surface area contributed by atoms with Crippen molar-refractivity contribution in [3.63, 3.8) is 0 Å². The summed E-state index contributed by atoms with van der Waals surface area (Å²) in [4.78, 5) is 25.9. The van der Waals surface area contributed by atoms with Gasteiger partial charge < -0.3 is 15.0 Å². The first-order valence-electron chi connectivity index (χ1n) is 8.58. The number of carbonyl (C=O) groups excluding carboxylic acids is 2. The Hall–Kier alpha value is -2.82. The van der Waals surface area contributed by atoms with E-state index in [2.05, 4.69) is 5.32 Å². The molecule has 5 heteroatoms. The number of para-hydroxylation sites is 2. The van der Waals surface area contributed by atoms with Gasteiger partial charge in [-0.2, -0.15) is 0 Å². The lowest BCUT2D eigenvalue weighted by Gasteiger charge is -2.19. The van der Waals surface area contributed by atoms with E-state index in [1.54, 1.807) is 7.05 Å². The zero-order chi connectivity index (χ0) is 19.3. The van der Waals surface area contributed by atoms with E-state index in [1.807, 2.05) is 64.1 Å². The van der Waals surface area contributed by atoms with E-state index in [0.29, 0.717) is 5.75 Å². The average molecular weight is 354 g/mol. The van der Waals surface area contributed by atoms with Crippen LogP contribution in [0.3, 0.4) is 0 Å². The SMILES string of the molecule is Cc1cccc(C)c1NC(=O)CN(C)C(=O)COc1c(C)cccc1C. The second-order valence-electron chi connectivity index (χ2n) is 6.57. The van der Waals surface area contributed by atoms with Crippen LogP contribution in [0.25, 0.3) is 0 Å². The molecule has 2 amide bonds. The van der Waals surface area contributed by atoms with Gasteiger partial charge in [-0.1, -0.05) is 36.4 Å². The summed E-state index contributed by atoms with van der Waals surface area (Å²) in [6, 6.07) is 11.7. The van der Waals surface area contributed by atoms with Crippen molar-refractivity contribution in [1.82, 2.24) is 4.90 Å². The zero-order valence-electron chi connectivity index (χ0n) is 16.1. The predicted octanol–water partition coefficient (Wildman–Crippen LogP) is 3.40. The van der Waals surface area contributed by atoms with Gasteiger partial charge >= 0.3 is 0 Å². The van der Waals surface area contributed by atoms with E-state index >= 15 is 0 Å². The summed E-state index contributed by atoms with van der Waals surface area (Å²) >= 11 is 0. The van der Waals surface area contributed by atoms with Crippen LogP contribution in [0.1, 0.15) is 22.3 Å². The topological polar surface area (TPSA) is 58.6 Å². The Morgan fingerprint density at radius 3 is 1.96 bits per heavy atom. The number of nitrogens with zero attached hydrogens (tertiary/aromatic N) is 1. The van der Waals surface area contributed by atoms with Gasteiger partial charge in [0, 0.05) is 12.7 Å². The molecule has 1 N–H and O–H groups in total. The van der Waals surface area contributed by atoms with Gasteiger partial charge in [0.1, 0.15) is 5.75 Å². The van der Waals surface area contributed by atoms with Crippen LogP contribution < -0.4 is 10.1 Å². The van der Waals surface area contributed by atoms with Gasteiger partial charge in [-0.15, -0.1) is 0 Å². The van der Waals surface area contributed by atoms with Crippen molar-refractivity contribution in [3.05, 3.63) is 58.7 Å². The maximum Gasteiger partial charge on any atom is 0.260 e. The maximum absolute atomic E-state index is 12.3. The molecule has 0 atom stereocenters. The summed E-state index contributed by atoms with van der Waals surface area (Å²) in [5, 5.41) is 2.88. The van der Waals surface area contributed by atoms with Crippen LogP contribution in [-0.2, 0) is 9.59 Å². The van der Waals surface area contributed by atoms with Gasteiger partial charge in [0.25, 0.3) is 5.91 Å². The number of amides is 2. The lowest BCUT2D eigenvalue weighted by molar-refractivity contribution is -0.135. The van der Waals surface area contributed by atoms with E-state index in [1.165, 1.54) is 4.90 Å². The highest BCUT2D eigenvalue weighted by atomic mass is 16.5. The highest BCUT2D eigenvalue weighted by Crippen LogP contribution is 2.22. The third kappa shape index (κ3) is 4.85. The number of hydrogen-bond donors (Lipinski definition) is 1. The Bertz CT molecular complexity index is 774. The van der Waals surface area contributed by atoms with Crippen LogP contribution in [0.5, 0.6) is 5.75 Å². The number of likely N-dealkylation sites (N-methyl/N-ethyl adjacent to an activating group) is 1. The summed E-state index contributed by atoms with van der Waals surface area (Å²) in [7, 11) is 1.60. The van der Waals surface area contributed by atoms with Crippen molar-refractivity contribution >= 4 is 17.5 Å². The van der Waals surface area contributed by atoms with Crippen molar-refractivity contribution in [2.24, 2.45) is 0 Å². The third-order valence-electron chi connectivity index (χ3n) is 4.30. The van der Waals surface area contributed by atoms with Crippen LogP contribution in [0.15, 0.2) is 36.4 Å². The number of aryl methyl sites for hydroxylation is 4. The molecule has 0 aliphatic carbocycles. The molecule has 2 aromatic carbocycles. The standard InChI is InChI=1S/C21H26N2O3/c1-14-8-6-9-15(2)20(14)22-18(24)12-23(5)19(25)13-26-21-16(3)10-7-11-17(21)4/h6-11H,12-13H2,1-5H3,(H,22,24). The Morgan fingerprint density at radius 1 is 0.923 bits per heavy atom. The fourth-order valence-electron chi connectivity index (χ4n) is 2.77. The van der Waals surface area contributed by atoms with Gasteiger partial charge in [0.15, 0.2) is 6.61 Å². The number of rotatable bonds is 6. The minimum absolute atomic E-state index is 0.0251. The molecule has 0 saturated heterocycles. The molecule has 138 valence electrons. The molecule has 26 heavy (non-hydrogen) atoms. The van der Waals surface area contributed by atoms with Crippen molar-refractivity contribution in [1.29, 1.82) is 0 Å². The quantitative estimate of drug-likeness (QED) is 0.865. The number of carbonyl (C=O) groups is 2. The molecule has 0 radical (unpaired) electrons. The van der Waals surface area contributed by atoms with Crippen molar-refractivity contribution in [2.45, 2.75) is 27.7 Å². The van der Waals surface area contributed by atoms with E-state index in [4.69, 9.17) is 4.74 Å². The molecule has 0 bridgehead atoms. The highest BCUT2D eigenvalue weighted by molar-refractivity contribution is 5.95. The van der Waals surface area contributed by atoms with Gasteiger partial charge in [-0.25, -0.2) is 0 Å². The molecule has 0 unspecified atom stereocenters. The minimum atomic E-state index is -0.246. The van der Waals surface area contributed by atoms with Gasteiger partial charge in [0.2, 0.25) is 5.91 Å². The smallest absolute Gasteiger partial charge is 0.260 e. The summed E-state index contributed by atoms with van der Waals surface area (Å²) in [5.41, 5.74) is 4.74. The fourth-order valence-corrected chi connectivity index (χ4v) is 2.77. The number of hydrogen-bond acceptors (Lipinski definition) is 3. The zero-order valence-corrected chi connectivity index (χ0v) is 16.1. The molecule has 5 nitrogen and oxygen atoms in total. The van der Waals surface area contributed by atoms with E-state index in [9.17, 15) is 9.59 Å². The van der Waals surface area contributed by atoms with Crippen LogP contribution >= 0.6 is 0 Å². The first-order valence-corrected chi connectivity index (χ1v) is 8.58.